The second-order valence-electron chi connectivity index (χ2n) is 12.4. The Morgan fingerprint density at radius 2 is 0.860 bits per heavy atom. The SMILES string of the molecule is CCCCCCCCCCCCCOCCCNC(=O)C[C@H](NCCCOCCCCCCCCCCCCC)C(=O)O. The fraction of sp³-hybridized carbons (Fsp3) is 0.944. The summed E-state index contributed by atoms with van der Waals surface area (Å²) in [6, 6.07) is -0.871. The number of hydrogen-bond donors (Lipinski definition) is 3. The summed E-state index contributed by atoms with van der Waals surface area (Å²) in [5, 5.41) is 15.3. The smallest absolute Gasteiger partial charge is 0.321 e. The average Bonchev–Trinajstić information content (AvgIpc) is 3.00. The first-order valence-corrected chi connectivity index (χ1v) is 18.5. The third kappa shape index (κ3) is 33.5. The molecule has 7 heteroatoms. The summed E-state index contributed by atoms with van der Waals surface area (Å²) in [6.45, 7) is 8.34. The fourth-order valence-corrected chi connectivity index (χ4v) is 5.30. The number of unbranched alkanes of at least 4 members (excludes halogenated alkanes) is 20. The van der Waals surface area contributed by atoms with Gasteiger partial charge in [0, 0.05) is 33.0 Å². The van der Waals surface area contributed by atoms with Crippen molar-refractivity contribution in [3.8, 4) is 0 Å². The molecule has 0 saturated heterocycles. The van der Waals surface area contributed by atoms with Crippen LogP contribution in [0.1, 0.15) is 174 Å². The van der Waals surface area contributed by atoms with Gasteiger partial charge in [-0.3, -0.25) is 9.59 Å². The van der Waals surface area contributed by atoms with Gasteiger partial charge in [-0.05, 0) is 32.2 Å². The van der Waals surface area contributed by atoms with Gasteiger partial charge in [0.15, 0.2) is 0 Å². The van der Waals surface area contributed by atoms with E-state index in [0.717, 1.165) is 38.9 Å². The lowest BCUT2D eigenvalue weighted by Crippen LogP contribution is -2.42. The lowest BCUT2D eigenvalue weighted by molar-refractivity contribution is -0.141. The molecular formula is C36H72N2O5. The minimum atomic E-state index is -0.993. The van der Waals surface area contributed by atoms with Gasteiger partial charge >= 0.3 is 5.97 Å². The van der Waals surface area contributed by atoms with Crippen LogP contribution in [0.2, 0.25) is 0 Å². The lowest BCUT2D eigenvalue weighted by Gasteiger charge is -2.14. The molecule has 0 spiro atoms. The second kappa shape index (κ2) is 35.3. The van der Waals surface area contributed by atoms with Crippen LogP contribution >= 0.6 is 0 Å². The van der Waals surface area contributed by atoms with E-state index in [1.54, 1.807) is 0 Å². The molecule has 0 bridgehead atoms. The minimum absolute atomic E-state index is 0.0610. The van der Waals surface area contributed by atoms with Gasteiger partial charge in [-0.1, -0.05) is 142 Å². The van der Waals surface area contributed by atoms with Gasteiger partial charge < -0.3 is 25.2 Å². The molecule has 256 valence electrons. The Labute approximate surface area is 266 Å². The quantitative estimate of drug-likeness (QED) is 0.0611. The van der Waals surface area contributed by atoms with E-state index in [2.05, 4.69) is 24.5 Å². The van der Waals surface area contributed by atoms with Crippen molar-refractivity contribution < 1.29 is 24.2 Å². The maximum Gasteiger partial charge on any atom is 0.321 e. The predicted molar refractivity (Wildman–Crippen MR) is 181 cm³/mol. The molecule has 3 N–H and O–H groups in total. The van der Waals surface area contributed by atoms with Crippen molar-refractivity contribution in [2.24, 2.45) is 0 Å². The van der Waals surface area contributed by atoms with Gasteiger partial charge in [0.25, 0.3) is 0 Å². The average molecular weight is 613 g/mol. The monoisotopic (exact) mass is 613 g/mol. The molecule has 0 rings (SSSR count). The van der Waals surface area contributed by atoms with E-state index in [0.29, 0.717) is 26.3 Å². The summed E-state index contributed by atoms with van der Waals surface area (Å²) < 4.78 is 11.4. The Morgan fingerprint density at radius 3 is 1.26 bits per heavy atom. The Balaban J connectivity index is 3.49. The molecule has 0 heterocycles. The van der Waals surface area contributed by atoms with E-state index < -0.39 is 12.0 Å². The molecule has 0 aliphatic carbocycles. The summed E-state index contributed by atoms with van der Waals surface area (Å²) in [5.41, 5.74) is 0. The predicted octanol–water partition coefficient (Wildman–Crippen LogP) is 8.97. The maximum absolute atomic E-state index is 12.2. The van der Waals surface area contributed by atoms with Crippen molar-refractivity contribution in [1.82, 2.24) is 10.6 Å². The number of amides is 1. The topological polar surface area (TPSA) is 96.9 Å². The number of carboxylic acid groups (broad SMARTS) is 1. The van der Waals surface area contributed by atoms with E-state index >= 15 is 0 Å². The zero-order valence-corrected chi connectivity index (χ0v) is 28.6. The van der Waals surface area contributed by atoms with Crippen LogP contribution in [-0.2, 0) is 19.1 Å². The van der Waals surface area contributed by atoms with Gasteiger partial charge in [0.1, 0.15) is 6.04 Å². The summed E-state index contributed by atoms with van der Waals surface area (Å²) in [5.74, 6) is -1.23. The summed E-state index contributed by atoms with van der Waals surface area (Å²) >= 11 is 0. The standard InChI is InChI=1S/C36H72N2O5/c1-3-5-7-9-11-13-15-17-19-21-23-29-42-31-25-27-37-34(36(40)41)33-35(39)38-28-26-32-43-30-24-22-20-18-16-14-12-10-8-6-4-2/h34,37H,3-33H2,1-2H3,(H,38,39)(H,40,41)/t34-/m0/s1. The van der Waals surface area contributed by atoms with E-state index in [9.17, 15) is 14.7 Å². The van der Waals surface area contributed by atoms with E-state index in [1.165, 1.54) is 128 Å². The molecule has 0 radical (unpaired) electrons. The van der Waals surface area contributed by atoms with Crippen LogP contribution in [0.25, 0.3) is 0 Å². The third-order valence-electron chi connectivity index (χ3n) is 8.12. The molecule has 0 aromatic rings. The number of hydrogen-bond acceptors (Lipinski definition) is 5. The highest BCUT2D eigenvalue weighted by Crippen LogP contribution is 2.12. The van der Waals surface area contributed by atoms with Crippen LogP contribution in [0.5, 0.6) is 0 Å². The number of carbonyl (C=O) groups is 2. The van der Waals surface area contributed by atoms with Crippen molar-refractivity contribution in [3.63, 3.8) is 0 Å². The Bertz CT molecular complexity index is 590. The summed E-state index contributed by atoms with van der Waals surface area (Å²) in [7, 11) is 0. The second-order valence-corrected chi connectivity index (χ2v) is 12.4. The van der Waals surface area contributed by atoms with Gasteiger partial charge in [-0.15, -0.1) is 0 Å². The number of rotatable bonds is 36. The highest BCUT2D eigenvalue weighted by atomic mass is 16.5. The Morgan fingerprint density at radius 1 is 0.512 bits per heavy atom. The van der Waals surface area contributed by atoms with Gasteiger partial charge in [-0.2, -0.15) is 0 Å². The first-order chi connectivity index (χ1) is 21.1. The largest absolute Gasteiger partial charge is 0.480 e. The van der Waals surface area contributed by atoms with E-state index in [1.807, 2.05) is 0 Å². The maximum atomic E-state index is 12.2. The lowest BCUT2D eigenvalue weighted by atomic mass is 10.1. The highest BCUT2D eigenvalue weighted by Gasteiger charge is 2.20. The minimum Gasteiger partial charge on any atom is -0.480 e. The molecule has 0 aliphatic rings. The van der Waals surface area contributed by atoms with Crippen LogP contribution < -0.4 is 10.6 Å². The van der Waals surface area contributed by atoms with Crippen molar-refractivity contribution in [2.75, 3.05) is 39.5 Å². The Kier molecular flexibility index (Phi) is 34.3. The number of ether oxygens (including phenoxy) is 2. The first kappa shape index (κ1) is 41.8. The molecule has 0 aromatic heterocycles. The zero-order valence-electron chi connectivity index (χ0n) is 28.6. The molecule has 0 fully saturated rings. The van der Waals surface area contributed by atoms with Crippen LogP contribution in [0.3, 0.4) is 0 Å². The molecule has 7 nitrogen and oxygen atoms in total. The van der Waals surface area contributed by atoms with Crippen LogP contribution in [-0.4, -0.2) is 62.5 Å². The van der Waals surface area contributed by atoms with Gasteiger partial charge in [0.2, 0.25) is 5.91 Å². The van der Waals surface area contributed by atoms with Crippen LogP contribution in [0, 0.1) is 0 Å². The van der Waals surface area contributed by atoms with Gasteiger partial charge in [0.05, 0.1) is 6.42 Å². The number of nitrogens with one attached hydrogen (secondary N) is 2. The number of carbonyl (C=O) groups excluding carboxylic acids is 1. The normalized spacial score (nSPS) is 12.0. The molecule has 43 heavy (non-hydrogen) atoms. The highest BCUT2D eigenvalue weighted by molar-refractivity contribution is 5.84. The number of aliphatic carboxylic acids is 1. The molecule has 1 amide bonds. The summed E-state index contributed by atoms with van der Waals surface area (Å²) in [4.78, 5) is 23.8. The summed E-state index contributed by atoms with van der Waals surface area (Å²) in [6.07, 6.45) is 30.5. The van der Waals surface area contributed by atoms with Crippen LogP contribution in [0.4, 0.5) is 0 Å². The third-order valence-corrected chi connectivity index (χ3v) is 8.12. The molecule has 0 saturated carbocycles. The van der Waals surface area contributed by atoms with E-state index in [4.69, 9.17) is 9.47 Å². The van der Waals surface area contributed by atoms with Crippen LogP contribution in [0.15, 0.2) is 0 Å². The number of carboxylic acids is 1. The molecule has 0 unspecified atom stereocenters. The first-order valence-electron chi connectivity index (χ1n) is 18.5. The van der Waals surface area contributed by atoms with Gasteiger partial charge in [-0.25, -0.2) is 0 Å². The molecule has 0 aliphatic heterocycles. The van der Waals surface area contributed by atoms with E-state index in [-0.39, 0.29) is 12.3 Å². The molecule has 0 aromatic carbocycles. The molecular weight excluding hydrogens is 540 g/mol. The Hall–Kier alpha value is -1.18. The van der Waals surface area contributed by atoms with Crippen molar-refractivity contribution in [2.45, 2.75) is 180 Å². The van der Waals surface area contributed by atoms with Crippen molar-refractivity contribution in [1.29, 1.82) is 0 Å². The fourth-order valence-electron chi connectivity index (χ4n) is 5.30. The van der Waals surface area contributed by atoms with Crippen molar-refractivity contribution >= 4 is 11.9 Å². The molecule has 1 atom stereocenters. The van der Waals surface area contributed by atoms with Crippen molar-refractivity contribution in [3.05, 3.63) is 0 Å². The zero-order chi connectivity index (χ0) is 31.5.